The summed E-state index contributed by atoms with van der Waals surface area (Å²) in [6.45, 7) is 7.55. The van der Waals surface area contributed by atoms with E-state index in [1.165, 1.54) is 12.1 Å². The maximum Gasteiger partial charge on any atom is 0.398 e. The Balaban J connectivity index is 3.12. The van der Waals surface area contributed by atoms with Gasteiger partial charge >= 0.3 is 6.18 Å². The van der Waals surface area contributed by atoms with Crippen molar-refractivity contribution in [1.82, 2.24) is 0 Å². The van der Waals surface area contributed by atoms with Crippen LogP contribution in [0, 0.1) is 18.7 Å². The summed E-state index contributed by atoms with van der Waals surface area (Å²) in [6, 6.07) is 2.67. The molecule has 22 heavy (non-hydrogen) atoms. The maximum atomic E-state index is 14.0. The summed E-state index contributed by atoms with van der Waals surface area (Å²) in [6.07, 6.45) is -2.61. The van der Waals surface area contributed by atoms with E-state index in [1.54, 1.807) is 6.92 Å². The van der Waals surface area contributed by atoms with E-state index in [9.17, 15) is 17.6 Å². The van der Waals surface area contributed by atoms with Crippen molar-refractivity contribution in [2.75, 3.05) is 5.75 Å². The Morgan fingerprint density at radius 1 is 1.27 bits per heavy atom. The molecule has 124 valence electrons. The van der Waals surface area contributed by atoms with Gasteiger partial charge in [0.05, 0.1) is 11.4 Å². The van der Waals surface area contributed by atoms with Crippen molar-refractivity contribution in [2.24, 2.45) is 10.9 Å². The number of alkyl halides is 3. The van der Waals surface area contributed by atoms with Crippen molar-refractivity contribution in [3.8, 4) is 0 Å². The van der Waals surface area contributed by atoms with Crippen molar-refractivity contribution in [3.05, 3.63) is 23.5 Å². The Morgan fingerprint density at radius 2 is 1.91 bits per heavy atom. The fourth-order valence-corrected chi connectivity index (χ4v) is 2.73. The summed E-state index contributed by atoms with van der Waals surface area (Å²) in [5.41, 5.74) is 1.47. The average molecular weight is 335 g/mol. The van der Waals surface area contributed by atoms with Gasteiger partial charge in [0.2, 0.25) is 0 Å². The highest BCUT2D eigenvalue weighted by Gasteiger charge is 2.27. The monoisotopic (exact) mass is 335 g/mol. The molecule has 0 radical (unpaired) electrons. The summed E-state index contributed by atoms with van der Waals surface area (Å²) in [7, 11) is 0. The third kappa shape index (κ3) is 5.99. The Labute approximate surface area is 133 Å². The largest absolute Gasteiger partial charge is 0.398 e. The molecule has 1 nitrogen and oxygen atoms in total. The Bertz CT molecular complexity index is 536. The number of hydrogen-bond donors (Lipinski definition) is 0. The summed E-state index contributed by atoms with van der Waals surface area (Å²) in [5, 5.41) is 0. The maximum absolute atomic E-state index is 14.0. The number of aliphatic imine (C=N–C) groups is 1. The fourth-order valence-electron chi connectivity index (χ4n) is 1.93. The molecule has 0 aromatic heterocycles. The van der Waals surface area contributed by atoms with E-state index in [4.69, 9.17) is 0 Å². The molecule has 0 unspecified atom stereocenters. The SMILES string of the molecule is CCC/C(=N\c1cc(SCC(F)(F)F)c(C)cc1F)C(C)C. The van der Waals surface area contributed by atoms with Crippen molar-refractivity contribution in [2.45, 2.75) is 51.6 Å². The number of thioether (sulfide) groups is 1. The van der Waals surface area contributed by atoms with Gasteiger partial charge in [-0.3, -0.25) is 4.99 Å². The van der Waals surface area contributed by atoms with Gasteiger partial charge in [-0.15, -0.1) is 11.8 Å². The molecule has 0 atom stereocenters. The minimum atomic E-state index is -4.25. The number of halogens is 4. The Kier molecular flexibility index (Phi) is 6.91. The van der Waals surface area contributed by atoms with Crippen LogP contribution in [0.25, 0.3) is 0 Å². The molecular formula is C16H21F4NS. The number of nitrogens with zero attached hydrogens (tertiary/aromatic N) is 1. The molecular weight excluding hydrogens is 314 g/mol. The highest BCUT2D eigenvalue weighted by molar-refractivity contribution is 7.99. The van der Waals surface area contributed by atoms with Gasteiger partial charge in [0.25, 0.3) is 0 Å². The molecule has 0 amide bonds. The van der Waals surface area contributed by atoms with Crippen LogP contribution in [0.3, 0.4) is 0 Å². The van der Waals surface area contributed by atoms with Crippen molar-refractivity contribution in [3.63, 3.8) is 0 Å². The van der Waals surface area contributed by atoms with Gasteiger partial charge in [-0.2, -0.15) is 13.2 Å². The first-order valence-corrected chi connectivity index (χ1v) is 8.19. The molecule has 0 aliphatic carbocycles. The molecule has 0 fully saturated rings. The van der Waals surface area contributed by atoms with Gasteiger partial charge < -0.3 is 0 Å². The summed E-state index contributed by atoms with van der Waals surface area (Å²) in [4.78, 5) is 4.75. The minimum absolute atomic E-state index is 0.118. The smallest absolute Gasteiger partial charge is 0.254 e. The van der Waals surface area contributed by atoms with Gasteiger partial charge in [-0.1, -0.05) is 27.2 Å². The summed E-state index contributed by atoms with van der Waals surface area (Å²) >= 11 is 0.665. The van der Waals surface area contributed by atoms with Crippen LogP contribution in [-0.2, 0) is 0 Å². The topological polar surface area (TPSA) is 12.4 Å². The first kappa shape index (κ1) is 19.0. The van der Waals surface area contributed by atoms with Gasteiger partial charge in [0.15, 0.2) is 0 Å². The molecule has 0 heterocycles. The first-order chi connectivity index (χ1) is 10.1. The molecule has 0 N–H and O–H groups in total. The lowest BCUT2D eigenvalue weighted by Crippen LogP contribution is -2.10. The van der Waals surface area contributed by atoms with Gasteiger partial charge in [-0.05, 0) is 37.0 Å². The molecule has 0 saturated heterocycles. The molecule has 0 bridgehead atoms. The van der Waals surface area contributed by atoms with Gasteiger partial charge in [0, 0.05) is 10.6 Å². The molecule has 0 aliphatic rings. The number of benzene rings is 1. The third-order valence-electron chi connectivity index (χ3n) is 3.07. The third-order valence-corrected chi connectivity index (χ3v) is 4.29. The summed E-state index contributed by atoms with van der Waals surface area (Å²) in [5.74, 6) is -1.32. The lowest BCUT2D eigenvalue weighted by molar-refractivity contribution is -0.105. The highest BCUT2D eigenvalue weighted by Crippen LogP contribution is 2.33. The first-order valence-electron chi connectivity index (χ1n) is 7.21. The zero-order chi connectivity index (χ0) is 16.9. The highest BCUT2D eigenvalue weighted by atomic mass is 32.2. The molecule has 0 aliphatic heterocycles. The number of rotatable bonds is 6. The molecule has 1 aromatic carbocycles. The van der Waals surface area contributed by atoms with Gasteiger partial charge in [0.1, 0.15) is 5.82 Å². The second kappa shape index (κ2) is 7.99. The van der Waals surface area contributed by atoms with E-state index in [-0.39, 0.29) is 11.6 Å². The normalized spacial score (nSPS) is 13.0. The molecule has 0 spiro atoms. The molecule has 1 rings (SSSR count). The zero-order valence-electron chi connectivity index (χ0n) is 13.2. The van der Waals surface area contributed by atoms with Crippen LogP contribution in [0.5, 0.6) is 0 Å². The lowest BCUT2D eigenvalue weighted by Gasteiger charge is -2.12. The van der Waals surface area contributed by atoms with E-state index < -0.39 is 17.7 Å². The van der Waals surface area contributed by atoms with E-state index in [0.29, 0.717) is 22.2 Å². The predicted octanol–water partition coefficient (Wildman–Crippen LogP) is 6.32. The van der Waals surface area contributed by atoms with Crippen LogP contribution in [0.2, 0.25) is 0 Å². The van der Waals surface area contributed by atoms with Crippen molar-refractivity contribution in [1.29, 1.82) is 0 Å². The van der Waals surface area contributed by atoms with Crippen LogP contribution in [0.15, 0.2) is 22.0 Å². The Morgan fingerprint density at radius 3 is 2.41 bits per heavy atom. The number of aryl methyl sites for hydroxylation is 1. The average Bonchev–Trinajstić information content (AvgIpc) is 2.38. The van der Waals surface area contributed by atoms with Crippen molar-refractivity contribution >= 4 is 23.2 Å². The Hall–Kier alpha value is -1.04. The van der Waals surface area contributed by atoms with Crippen LogP contribution < -0.4 is 0 Å². The molecule has 6 heteroatoms. The van der Waals surface area contributed by atoms with E-state index in [2.05, 4.69) is 4.99 Å². The van der Waals surface area contributed by atoms with E-state index >= 15 is 0 Å². The quantitative estimate of drug-likeness (QED) is 0.337. The van der Waals surface area contributed by atoms with Crippen LogP contribution in [0.4, 0.5) is 23.2 Å². The van der Waals surface area contributed by atoms with Crippen LogP contribution >= 0.6 is 11.8 Å². The number of hydrogen-bond acceptors (Lipinski definition) is 2. The predicted molar refractivity (Wildman–Crippen MR) is 84.8 cm³/mol. The van der Waals surface area contributed by atoms with E-state index in [1.807, 2.05) is 20.8 Å². The van der Waals surface area contributed by atoms with E-state index in [0.717, 1.165) is 18.6 Å². The standard InChI is InChI=1S/C16H21F4NS/c1-5-6-13(10(2)3)21-14-8-15(11(4)7-12(14)17)22-9-16(18,19)20/h7-8,10H,5-6,9H2,1-4H3/b21-13+. The minimum Gasteiger partial charge on any atom is -0.254 e. The zero-order valence-corrected chi connectivity index (χ0v) is 14.0. The molecule has 1 aromatic rings. The van der Waals surface area contributed by atoms with Crippen LogP contribution in [0.1, 0.15) is 39.2 Å². The lowest BCUT2D eigenvalue weighted by atomic mass is 10.0. The van der Waals surface area contributed by atoms with Crippen LogP contribution in [-0.4, -0.2) is 17.6 Å². The molecule has 0 saturated carbocycles. The van der Waals surface area contributed by atoms with Crippen molar-refractivity contribution < 1.29 is 17.6 Å². The second-order valence-electron chi connectivity index (χ2n) is 5.48. The second-order valence-corrected chi connectivity index (χ2v) is 6.50. The van der Waals surface area contributed by atoms with Gasteiger partial charge in [-0.25, -0.2) is 4.39 Å². The summed E-state index contributed by atoms with van der Waals surface area (Å²) < 4.78 is 51.1. The fraction of sp³-hybridized carbons (Fsp3) is 0.562.